The van der Waals surface area contributed by atoms with Gasteiger partial charge in [0.1, 0.15) is 17.2 Å². The van der Waals surface area contributed by atoms with Crippen LogP contribution in [0.1, 0.15) is 42.6 Å². The highest BCUT2D eigenvalue weighted by molar-refractivity contribution is 6.34. The van der Waals surface area contributed by atoms with Gasteiger partial charge in [0.15, 0.2) is 0 Å². The molecule has 2 atom stereocenters. The summed E-state index contributed by atoms with van der Waals surface area (Å²) in [6.45, 7) is 6.27. The number of carbonyl (C=O) groups is 1. The number of carbonyl (C=O) groups excluding carboxylic acids is 1. The van der Waals surface area contributed by atoms with Gasteiger partial charge in [-0.2, -0.15) is 0 Å². The van der Waals surface area contributed by atoms with Crippen molar-refractivity contribution in [3.8, 4) is 5.88 Å². The summed E-state index contributed by atoms with van der Waals surface area (Å²) in [5.41, 5.74) is 1.22. The van der Waals surface area contributed by atoms with Gasteiger partial charge in [0.25, 0.3) is 0 Å². The van der Waals surface area contributed by atoms with Gasteiger partial charge in [-0.3, -0.25) is 9.69 Å². The van der Waals surface area contributed by atoms with Crippen molar-refractivity contribution in [2.24, 2.45) is 0 Å². The summed E-state index contributed by atoms with van der Waals surface area (Å²) >= 11 is 13.1. The number of nitrogens with zero attached hydrogens (tertiary/aromatic N) is 4. The SMILES string of the molecule is CCOC(=O)c1cn(C2CCN(CCOC)C2)c2cc(N3CCC[C@@H]3COc3ncccc3Cl)c(Cl)cc2c1=O. The highest BCUT2D eigenvalue weighted by Gasteiger charge is 2.30. The van der Waals surface area contributed by atoms with E-state index in [4.69, 9.17) is 37.4 Å². The second kappa shape index (κ2) is 12.8. The minimum Gasteiger partial charge on any atom is -0.474 e. The summed E-state index contributed by atoms with van der Waals surface area (Å²) in [4.78, 5) is 35.1. The third kappa shape index (κ3) is 5.93. The minimum absolute atomic E-state index is 0.0215. The van der Waals surface area contributed by atoms with E-state index in [0.29, 0.717) is 34.5 Å². The first kappa shape index (κ1) is 28.7. The lowest BCUT2D eigenvalue weighted by Crippen LogP contribution is -2.34. The molecule has 1 unspecified atom stereocenters. The van der Waals surface area contributed by atoms with Crippen LogP contribution < -0.4 is 15.1 Å². The fourth-order valence-electron chi connectivity index (χ4n) is 5.68. The molecule has 5 rings (SSSR count). The Balaban J connectivity index is 1.52. The first-order chi connectivity index (χ1) is 19.4. The fourth-order valence-corrected chi connectivity index (χ4v) is 6.12. The number of anilines is 1. The molecule has 2 fully saturated rings. The molecule has 0 amide bonds. The predicted octanol–water partition coefficient (Wildman–Crippen LogP) is 4.82. The summed E-state index contributed by atoms with van der Waals surface area (Å²) in [6, 6.07) is 7.32. The summed E-state index contributed by atoms with van der Waals surface area (Å²) < 4.78 is 18.5. The molecule has 0 aliphatic carbocycles. The topological polar surface area (TPSA) is 86.1 Å². The number of esters is 1. The molecule has 2 saturated heterocycles. The van der Waals surface area contributed by atoms with Gasteiger partial charge in [-0.05, 0) is 50.5 Å². The maximum atomic E-state index is 13.5. The van der Waals surface area contributed by atoms with Gasteiger partial charge in [-0.15, -0.1) is 0 Å². The van der Waals surface area contributed by atoms with Gasteiger partial charge in [-0.1, -0.05) is 23.2 Å². The normalized spacial score (nSPS) is 19.4. The maximum absolute atomic E-state index is 13.5. The highest BCUT2D eigenvalue weighted by atomic mass is 35.5. The largest absolute Gasteiger partial charge is 0.474 e. The monoisotopic (exact) mass is 588 g/mol. The Morgan fingerprint density at radius 1 is 1.18 bits per heavy atom. The van der Waals surface area contributed by atoms with E-state index < -0.39 is 5.97 Å². The molecule has 4 heterocycles. The number of methoxy groups -OCH3 is 1. The van der Waals surface area contributed by atoms with Crippen LogP contribution in [-0.2, 0) is 9.47 Å². The zero-order valence-electron chi connectivity index (χ0n) is 22.8. The van der Waals surface area contributed by atoms with Crippen molar-refractivity contribution < 1.29 is 19.0 Å². The van der Waals surface area contributed by atoms with Crippen molar-refractivity contribution >= 4 is 45.8 Å². The zero-order chi connectivity index (χ0) is 28.2. The number of likely N-dealkylation sites (tertiary alicyclic amines) is 1. The van der Waals surface area contributed by atoms with Crippen molar-refractivity contribution in [3.63, 3.8) is 0 Å². The number of hydrogen-bond donors (Lipinski definition) is 0. The van der Waals surface area contributed by atoms with E-state index in [1.807, 2.05) is 6.07 Å². The third-order valence-electron chi connectivity index (χ3n) is 7.67. The van der Waals surface area contributed by atoms with Crippen LogP contribution in [0.5, 0.6) is 5.88 Å². The molecule has 0 radical (unpaired) electrons. The lowest BCUT2D eigenvalue weighted by molar-refractivity contribution is 0.0524. The Kier molecular flexibility index (Phi) is 9.15. The lowest BCUT2D eigenvalue weighted by Gasteiger charge is -2.29. The van der Waals surface area contributed by atoms with Crippen LogP contribution in [0.4, 0.5) is 5.69 Å². The first-order valence-corrected chi connectivity index (χ1v) is 14.4. The van der Waals surface area contributed by atoms with E-state index in [0.717, 1.165) is 56.6 Å². The molecule has 0 spiro atoms. The smallest absolute Gasteiger partial charge is 0.343 e. The van der Waals surface area contributed by atoms with E-state index in [1.54, 1.807) is 44.6 Å². The third-order valence-corrected chi connectivity index (χ3v) is 8.26. The van der Waals surface area contributed by atoms with Crippen LogP contribution in [0.25, 0.3) is 10.9 Å². The number of hydrogen-bond acceptors (Lipinski definition) is 8. The van der Waals surface area contributed by atoms with E-state index in [9.17, 15) is 9.59 Å². The van der Waals surface area contributed by atoms with Gasteiger partial charge in [0.2, 0.25) is 11.3 Å². The van der Waals surface area contributed by atoms with Crippen molar-refractivity contribution in [3.05, 3.63) is 62.5 Å². The van der Waals surface area contributed by atoms with Gasteiger partial charge in [-0.25, -0.2) is 9.78 Å². The van der Waals surface area contributed by atoms with Crippen molar-refractivity contribution in [1.82, 2.24) is 14.5 Å². The van der Waals surface area contributed by atoms with Crippen molar-refractivity contribution in [2.45, 2.75) is 38.3 Å². The number of pyridine rings is 2. The van der Waals surface area contributed by atoms with Crippen molar-refractivity contribution in [2.75, 3.05) is 58.0 Å². The molecule has 9 nitrogen and oxygen atoms in total. The van der Waals surface area contributed by atoms with Gasteiger partial charge in [0, 0.05) is 57.1 Å². The van der Waals surface area contributed by atoms with Crippen LogP contribution in [0.15, 0.2) is 41.5 Å². The number of ether oxygens (including phenoxy) is 3. The second-order valence-electron chi connectivity index (χ2n) is 10.1. The van der Waals surface area contributed by atoms with Crippen LogP contribution in [0.3, 0.4) is 0 Å². The molecule has 40 heavy (non-hydrogen) atoms. The number of benzene rings is 1. The summed E-state index contributed by atoms with van der Waals surface area (Å²) in [6.07, 6.45) is 6.09. The summed E-state index contributed by atoms with van der Waals surface area (Å²) in [5.74, 6) is -0.220. The average molecular weight is 590 g/mol. The molecule has 3 aromatic rings. The molecular weight excluding hydrogens is 555 g/mol. The van der Waals surface area contributed by atoms with Gasteiger partial charge >= 0.3 is 5.97 Å². The molecule has 2 aliphatic heterocycles. The van der Waals surface area contributed by atoms with Crippen LogP contribution >= 0.6 is 23.2 Å². The quantitative estimate of drug-likeness (QED) is 0.311. The van der Waals surface area contributed by atoms with Crippen LogP contribution in [0, 0.1) is 0 Å². The number of aromatic nitrogens is 2. The molecule has 2 aliphatic rings. The fraction of sp³-hybridized carbons (Fsp3) is 0.483. The molecule has 2 aromatic heterocycles. The molecule has 0 N–H and O–H groups in total. The van der Waals surface area contributed by atoms with Crippen LogP contribution in [-0.4, -0.2) is 79.6 Å². The first-order valence-electron chi connectivity index (χ1n) is 13.7. The zero-order valence-corrected chi connectivity index (χ0v) is 24.3. The summed E-state index contributed by atoms with van der Waals surface area (Å²) in [7, 11) is 1.70. The lowest BCUT2D eigenvalue weighted by atomic mass is 10.1. The predicted molar refractivity (Wildman–Crippen MR) is 156 cm³/mol. The molecule has 214 valence electrons. The number of rotatable bonds is 10. The van der Waals surface area contributed by atoms with E-state index in [-0.39, 0.29) is 29.7 Å². The standard InChI is InChI=1S/C29H34Cl2N4O5/c1-3-39-29(37)22-17-35(19-8-11-33(16-19)12-13-38-2)25-15-26(24(31)14-21(25)27(22)36)34-10-5-6-20(34)18-40-28-23(30)7-4-9-32-28/h4,7,9,14-15,17,19-20H,3,5-6,8,10-13,16,18H2,1-2H3/t19?,20-/m1/s1. The number of fused-ring (bicyclic) bond motifs is 1. The summed E-state index contributed by atoms with van der Waals surface area (Å²) in [5, 5.41) is 1.32. The molecule has 1 aromatic carbocycles. The van der Waals surface area contributed by atoms with Crippen LogP contribution in [0.2, 0.25) is 10.0 Å². The molecule has 0 saturated carbocycles. The Morgan fingerprint density at radius 2 is 2.02 bits per heavy atom. The Hall–Kier alpha value is -2.85. The Labute approximate surface area is 243 Å². The van der Waals surface area contributed by atoms with E-state index in [1.165, 1.54) is 0 Å². The Morgan fingerprint density at radius 3 is 2.80 bits per heavy atom. The van der Waals surface area contributed by atoms with E-state index in [2.05, 4.69) is 19.4 Å². The minimum atomic E-state index is -0.623. The van der Waals surface area contributed by atoms with Gasteiger partial charge < -0.3 is 23.7 Å². The average Bonchev–Trinajstić information content (AvgIpc) is 3.61. The van der Waals surface area contributed by atoms with E-state index >= 15 is 0 Å². The number of halogens is 2. The Bertz CT molecular complexity index is 1430. The second-order valence-corrected chi connectivity index (χ2v) is 11.0. The van der Waals surface area contributed by atoms with Crippen molar-refractivity contribution in [1.29, 1.82) is 0 Å². The molecule has 11 heteroatoms. The maximum Gasteiger partial charge on any atom is 0.343 e. The highest BCUT2D eigenvalue weighted by Crippen LogP contribution is 2.37. The van der Waals surface area contributed by atoms with Gasteiger partial charge in [0.05, 0.1) is 35.5 Å². The molecular formula is C29H34Cl2N4O5. The molecule has 0 bridgehead atoms.